The monoisotopic (exact) mass is 996 g/mol. The number of amides is 6. The molecule has 0 spiro atoms. The number of carbonyl (C=O) groups is 6. The Morgan fingerprint density at radius 1 is 0.819 bits per heavy atom. The minimum absolute atomic E-state index is 0.0535. The average Bonchev–Trinajstić information content (AvgIpc) is 4.07. The molecule has 6 amide bonds. The second kappa shape index (κ2) is 26.1. The number of hydrogen-bond donors (Lipinski definition) is 4. The largest absolute Gasteiger partial charge is 0.382 e. The van der Waals surface area contributed by atoms with Crippen LogP contribution in [0.1, 0.15) is 82.4 Å². The van der Waals surface area contributed by atoms with Crippen molar-refractivity contribution < 1.29 is 52.5 Å². The van der Waals surface area contributed by atoms with Gasteiger partial charge in [-0.2, -0.15) is 0 Å². The van der Waals surface area contributed by atoms with Crippen molar-refractivity contribution in [1.82, 2.24) is 45.6 Å². The molecule has 4 N–H and O–H groups in total. The Labute approximate surface area is 417 Å². The second-order valence-corrected chi connectivity index (χ2v) is 17.3. The highest BCUT2D eigenvalue weighted by molar-refractivity contribution is 6.25. The first-order chi connectivity index (χ1) is 35.0. The first kappa shape index (κ1) is 53.0. The molecule has 23 heteroatoms. The van der Waals surface area contributed by atoms with Crippen molar-refractivity contribution in [1.29, 1.82) is 0 Å². The molecule has 3 aliphatic rings. The molecular weight excluding hydrogens is 933 g/mol. The van der Waals surface area contributed by atoms with Gasteiger partial charge in [0.05, 0.1) is 95.0 Å². The van der Waals surface area contributed by atoms with Crippen LogP contribution in [0.25, 0.3) is 11.5 Å². The minimum atomic E-state index is -1.03. The molecule has 1 atom stereocenters. The number of pyridine rings is 2. The predicted octanol–water partition coefficient (Wildman–Crippen LogP) is 1.95. The van der Waals surface area contributed by atoms with Crippen molar-refractivity contribution in [2.45, 2.75) is 71.8 Å². The first-order valence-corrected chi connectivity index (χ1v) is 24.3. The fourth-order valence-electron chi connectivity index (χ4n) is 8.16. The quantitative estimate of drug-likeness (QED) is 0.0430. The molecule has 1 saturated heterocycles. The van der Waals surface area contributed by atoms with Crippen LogP contribution in [0.15, 0.2) is 48.8 Å². The highest BCUT2D eigenvalue weighted by Gasteiger charge is 2.45. The number of nitrogens with one attached hydrogen (secondary N) is 4. The van der Waals surface area contributed by atoms with E-state index < -0.39 is 29.7 Å². The summed E-state index contributed by atoms with van der Waals surface area (Å²) < 4.78 is 29.7. The number of imide groups is 2. The van der Waals surface area contributed by atoms with Crippen molar-refractivity contribution in [2.24, 2.45) is 0 Å². The van der Waals surface area contributed by atoms with E-state index in [0.717, 1.165) is 16.2 Å². The topological polar surface area (TPSA) is 263 Å². The smallest absolute Gasteiger partial charge is 0.264 e. The van der Waals surface area contributed by atoms with Gasteiger partial charge in [-0.3, -0.25) is 43.9 Å². The van der Waals surface area contributed by atoms with E-state index in [9.17, 15) is 28.8 Å². The number of fused-ring (bicyclic) bond motifs is 2. The zero-order valence-electron chi connectivity index (χ0n) is 41.3. The van der Waals surface area contributed by atoms with Gasteiger partial charge in [-0.25, -0.2) is 9.97 Å². The molecule has 3 aromatic heterocycles. The summed E-state index contributed by atoms with van der Waals surface area (Å²) in [5.41, 5.74) is 3.68. The Morgan fingerprint density at radius 3 is 2.21 bits per heavy atom. The van der Waals surface area contributed by atoms with Crippen LogP contribution < -0.4 is 31.1 Å². The zero-order valence-corrected chi connectivity index (χ0v) is 41.3. The maximum atomic E-state index is 13.9. The number of piperidine rings is 1. The first-order valence-electron chi connectivity index (χ1n) is 24.3. The van der Waals surface area contributed by atoms with E-state index in [4.69, 9.17) is 33.7 Å². The summed E-state index contributed by atoms with van der Waals surface area (Å²) in [6.45, 7) is 12.3. The lowest BCUT2D eigenvalue weighted by molar-refractivity contribution is -0.136. The van der Waals surface area contributed by atoms with E-state index in [-0.39, 0.29) is 54.9 Å². The van der Waals surface area contributed by atoms with Gasteiger partial charge >= 0.3 is 0 Å². The van der Waals surface area contributed by atoms with E-state index in [0.29, 0.717) is 133 Å². The number of anilines is 3. The highest BCUT2D eigenvalue weighted by atomic mass is 16.6. The van der Waals surface area contributed by atoms with Gasteiger partial charge in [0.15, 0.2) is 5.82 Å². The molecule has 0 radical (unpaired) electrons. The SMILES string of the molecule is CCn1cnnc1-c1cccc(N2Cc3c(cc(N(C)C(C)C)nc3CNCCNC(=O)CCOCCOCCOCCOCCOCCNc3cccc4c3C(=O)N(C3CCC(=O)NC3=O)C4=O)C2=O)n1. The van der Waals surface area contributed by atoms with E-state index in [1.807, 2.05) is 47.7 Å². The Morgan fingerprint density at radius 2 is 1.51 bits per heavy atom. The molecule has 1 fully saturated rings. The minimum Gasteiger partial charge on any atom is -0.382 e. The second-order valence-electron chi connectivity index (χ2n) is 17.3. The van der Waals surface area contributed by atoms with Crippen LogP contribution in [-0.2, 0) is 57.7 Å². The third-order valence-electron chi connectivity index (χ3n) is 12.2. The van der Waals surface area contributed by atoms with E-state index in [1.54, 1.807) is 29.4 Å². The van der Waals surface area contributed by atoms with Crippen LogP contribution in [0.5, 0.6) is 0 Å². The Hall–Kier alpha value is -6.76. The van der Waals surface area contributed by atoms with Crippen LogP contribution >= 0.6 is 0 Å². The van der Waals surface area contributed by atoms with Gasteiger partial charge in [0.25, 0.3) is 17.7 Å². The number of rotatable bonds is 30. The van der Waals surface area contributed by atoms with E-state index in [2.05, 4.69) is 45.3 Å². The van der Waals surface area contributed by atoms with Crippen molar-refractivity contribution in [2.75, 3.05) is 108 Å². The molecule has 0 aliphatic carbocycles. The van der Waals surface area contributed by atoms with Crippen LogP contribution in [0.4, 0.5) is 17.3 Å². The number of hydrogen-bond acceptors (Lipinski definition) is 18. The number of benzene rings is 1. The summed E-state index contributed by atoms with van der Waals surface area (Å²) in [6, 6.07) is 11.4. The maximum Gasteiger partial charge on any atom is 0.264 e. The van der Waals surface area contributed by atoms with Gasteiger partial charge in [0.1, 0.15) is 29.7 Å². The molecule has 6 heterocycles. The standard InChI is InChI=1S/C49H64N12O11/c1-5-59-31-53-57-45(59)37-10-7-11-40(54-37)60-30-35-34(47(60)65)28-41(58(4)32(2)3)55-38(35)29-50-15-16-52-42(62)14-18-68-20-22-70-24-26-72-27-25-71-23-21-69-19-17-51-36-9-6-8-33-44(36)49(67)61(48(33)66)39-12-13-43(63)56-46(39)64/h6-11,28,31-32,39,50-51H,5,12-27,29-30H2,1-4H3,(H,52,62)(H,56,63,64). The molecular formula is C49H64N12O11. The normalized spacial score (nSPS) is 15.4. The van der Waals surface area contributed by atoms with Gasteiger partial charge in [0.2, 0.25) is 17.7 Å². The summed E-state index contributed by atoms with van der Waals surface area (Å²) in [6.07, 6.45) is 2.01. The third-order valence-corrected chi connectivity index (χ3v) is 12.2. The molecule has 1 unspecified atom stereocenters. The van der Waals surface area contributed by atoms with Crippen molar-refractivity contribution in [3.8, 4) is 11.5 Å². The lowest BCUT2D eigenvalue weighted by Gasteiger charge is -2.27. The summed E-state index contributed by atoms with van der Waals surface area (Å²) in [5.74, 6) is -0.633. The van der Waals surface area contributed by atoms with Crippen LogP contribution in [-0.4, -0.2) is 170 Å². The number of aromatic nitrogens is 5. The van der Waals surface area contributed by atoms with Gasteiger partial charge in [-0.15, -0.1) is 10.2 Å². The van der Waals surface area contributed by atoms with Crippen molar-refractivity contribution >= 4 is 52.8 Å². The molecule has 3 aliphatic heterocycles. The lowest BCUT2D eigenvalue weighted by Crippen LogP contribution is -2.54. The van der Waals surface area contributed by atoms with E-state index >= 15 is 0 Å². The summed E-state index contributed by atoms with van der Waals surface area (Å²) in [7, 11) is 1.96. The van der Waals surface area contributed by atoms with Gasteiger partial charge in [-0.05, 0) is 57.5 Å². The molecule has 72 heavy (non-hydrogen) atoms. The van der Waals surface area contributed by atoms with Crippen molar-refractivity contribution in [3.05, 3.63) is 76.7 Å². The van der Waals surface area contributed by atoms with Gasteiger partial charge < -0.3 is 49.1 Å². The number of ether oxygens (including phenoxy) is 5. The molecule has 23 nitrogen and oxygen atoms in total. The molecule has 0 bridgehead atoms. The van der Waals surface area contributed by atoms with Crippen LogP contribution in [0.3, 0.4) is 0 Å². The van der Waals surface area contributed by atoms with Gasteiger partial charge in [0, 0.05) is 69.9 Å². The summed E-state index contributed by atoms with van der Waals surface area (Å²) in [5, 5.41) is 19.9. The fraction of sp³-hybridized carbons (Fsp3) is 0.510. The lowest BCUT2D eigenvalue weighted by atomic mass is 10.0. The van der Waals surface area contributed by atoms with Crippen molar-refractivity contribution in [3.63, 3.8) is 0 Å². The summed E-state index contributed by atoms with van der Waals surface area (Å²) >= 11 is 0. The molecule has 7 rings (SSSR count). The zero-order chi connectivity index (χ0) is 51.0. The third kappa shape index (κ3) is 13.4. The van der Waals surface area contributed by atoms with Crippen LogP contribution in [0.2, 0.25) is 0 Å². The van der Waals surface area contributed by atoms with Crippen LogP contribution in [0, 0.1) is 0 Å². The van der Waals surface area contributed by atoms with Gasteiger partial charge in [-0.1, -0.05) is 12.1 Å². The number of aryl methyl sites for hydroxylation is 1. The number of nitrogens with zero attached hydrogens (tertiary/aromatic N) is 8. The molecule has 386 valence electrons. The molecule has 4 aromatic rings. The summed E-state index contributed by atoms with van der Waals surface area (Å²) in [4.78, 5) is 90.9. The molecule has 1 aromatic carbocycles. The van der Waals surface area contributed by atoms with E-state index in [1.165, 1.54) is 0 Å². The highest BCUT2D eigenvalue weighted by Crippen LogP contribution is 2.34. The molecule has 0 saturated carbocycles. The predicted molar refractivity (Wildman–Crippen MR) is 262 cm³/mol. The Bertz CT molecular complexity index is 2560. The maximum absolute atomic E-state index is 13.9. The Balaban J connectivity index is 0.688. The Kier molecular flexibility index (Phi) is 19.2. The number of carbonyl (C=O) groups excluding carboxylic acids is 6. The fourth-order valence-corrected chi connectivity index (χ4v) is 8.16. The average molecular weight is 997 g/mol.